The maximum Gasteiger partial charge on any atom is 0.274 e. The number of H-pyrrole nitrogens is 1. The van der Waals surface area contributed by atoms with Crippen molar-refractivity contribution in [2.45, 2.75) is 51.2 Å². The van der Waals surface area contributed by atoms with E-state index in [1.807, 2.05) is 13.8 Å². The van der Waals surface area contributed by atoms with E-state index in [0.717, 1.165) is 11.3 Å². The van der Waals surface area contributed by atoms with E-state index in [1.165, 1.54) is 4.90 Å². The number of rotatable bonds is 3. The van der Waals surface area contributed by atoms with E-state index in [1.54, 1.807) is 7.05 Å². The van der Waals surface area contributed by atoms with Gasteiger partial charge in [0.05, 0.1) is 17.9 Å². The number of halogens is 2. The number of carbonyl (C=O) groups is 1. The van der Waals surface area contributed by atoms with Gasteiger partial charge in [0, 0.05) is 38.4 Å². The molecule has 1 aliphatic carbocycles. The van der Waals surface area contributed by atoms with E-state index >= 15 is 0 Å². The monoisotopic (exact) mass is 313 g/mol. The van der Waals surface area contributed by atoms with Crippen molar-refractivity contribution in [1.29, 1.82) is 0 Å². The van der Waals surface area contributed by atoms with Crippen LogP contribution in [0.2, 0.25) is 0 Å². The molecule has 1 amide bonds. The maximum absolute atomic E-state index is 12.9. The third-order valence-corrected chi connectivity index (χ3v) is 4.49. The molecule has 1 aromatic rings. The molecule has 0 bridgehead atoms. The summed E-state index contributed by atoms with van der Waals surface area (Å²) in [6.07, 6.45) is 0.272. The normalized spacial score (nSPS) is 27.1. The Kier molecular flexibility index (Phi) is 3.71. The van der Waals surface area contributed by atoms with Gasteiger partial charge in [-0.05, 0) is 19.8 Å². The molecule has 2 aliphatic rings. The van der Waals surface area contributed by atoms with Gasteiger partial charge in [-0.2, -0.15) is 5.10 Å². The lowest BCUT2D eigenvalue weighted by molar-refractivity contribution is -0.113. The molecule has 2 atom stereocenters. The summed E-state index contributed by atoms with van der Waals surface area (Å²) in [6, 6.07) is 0. The molecule has 1 N–H and O–H groups in total. The molecule has 7 heteroatoms. The predicted octanol–water partition coefficient (Wildman–Crippen LogP) is 2.55. The molecule has 1 saturated carbocycles. The van der Waals surface area contributed by atoms with Gasteiger partial charge in [-0.25, -0.2) is 8.78 Å². The lowest BCUT2D eigenvalue weighted by Crippen LogP contribution is -2.43. The van der Waals surface area contributed by atoms with Crippen molar-refractivity contribution < 1.29 is 18.3 Å². The number of ether oxygens (including phenoxy) is 1. The quantitative estimate of drug-likeness (QED) is 0.933. The molecule has 3 rings (SSSR count). The average molecular weight is 313 g/mol. The van der Waals surface area contributed by atoms with Crippen LogP contribution in [0.25, 0.3) is 0 Å². The van der Waals surface area contributed by atoms with Gasteiger partial charge < -0.3 is 9.64 Å². The highest BCUT2D eigenvalue weighted by Crippen LogP contribution is 2.42. The third-order valence-electron chi connectivity index (χ3n) is 4.49. The second-order valence-electron chi connectivity index (χ2n) is 6.57. The number of hydrogen-bond donors (Lipinski definition) is 1. The largest absolute Gasteiger partial charge is 0.369 e. The Labute approximate surface area is 128 Å². The lowest BCUT2D eigenvalue weighted by atomic mass is 9.81. The standard InChI is InChI=1S/C15H21F2N3O2/c1-8-4-11-12(9(2)22-8)18-19-13(11)14(21)20(3)7-10-5-15(16,17)6-10/h8-10H,4-7H2,1-3H3,(H,18,19)/t8-,9+/m1/s1. The van der Waals surface area contributed by atoms with Crippen LogP contribution < -0.4 is 0 Å². The van der Waals surface area contributed by atoms with E-state index in [4.69, 9.17) is 4.74 Å². The van der Waals surface area contributed by atoms with Crippen LogP contribution in [-0.2, 0) is 11.2 Å². The summed E-state index contributed by atoms with van der Waals surface area (Å²) in [6.45, 7) is 4.22. The first kappa shape index (κ1) is 15.4. The highest BCUT2D eigenvalue weighted by Gasteiger charge is 2.46. The summed E-state index contributed by atoms with van der Waals surface area (Å²) >= 11 is 0. The van der Waals surface area contributed by atoms with Gasteiger partial charge in [-0.1, -0.05) is 0 Å². The SMILES string of the molecule is C[C@@H]1Cc2c(C(=O)N(C)CC3CC(F)(F)C3)n[nH]c2[C@H](C)O1. The molecule has 22 heavy (non-hydrogen) atoms. The zero-order valence-electron chi connectivity index (χ0n) is 13.0. The van der Waals surface area contributed by atoms with Crippen LogP contribution in [0, 0.1) is 5.92 Å². The minimum Gasteiger partial charge on any atom is -0.369 e. The summed E-state index contributed by atoms with van der Waals surface area (Å²) < 4.78 is 31.5. The summed E-state index contributed by atoms with van der Waals surface area (Å²) in [5.41, 5.74) is 2.12. The Bertz CT molecular complexity index is 579. The molecule has 1 aliphatic heterocycles. The smallest absolute Gasteiger partial charge is 0.274 e. The van der Waals surface area contributed by atoms with E-state index < -0.39 is 5.92 Å². The van der Waals surface area contributed by atoms with Crippen molar-refractivity contribution >= 4 is 5.91 Å². The fourth-order valence-corrected chi connectivity index (χ4v) is 3.42. The van der Waals surface area contributed by atoms with Crippen molar-refractivity contribution in [2.75, 3.05) is 13.6 Å². The zero-order valence-corrected chi connectivity index (χ0v) is 13.0. The molecule has 1 fully saturated rings. The number of amides is 1. The molecule has 0 radical (unpaired) electrons. The van der Waals surface area contributed by atoms with E-state index in [-0.39, 0.29) is 36.9 Å². The average Bonchev–Trinajstić information content (AvgIpc) is 2.79. The molecule has 0 unspecified atom stereocenters. The molecule has 0 spiro atoms. The van der Waals surface area contributed by atoms with Crippen LogP contribution >= 0.6 is 0 Å². The number of nitrogens with zero attached hydrogens (tertiary/aromatic N) is 2. The summed E-state index contributed by atoms with van der Waals surface area (Å²) in [5.74, 6) is -2.89. The third kappa shape index (κ3) is 2.74. The van der Waals surface area contributed by atoms with Gasteiger partial charge in [0.15, 0.2) is 5.69 Å². The summed E-state index contributed by atoms with van der Waals surface area (Å²) in [5, 5.41) is 7.02. The van der Waals surface area contributed by atoms with Crippen LogP contribution in [-0.4, -0.2) is 46.6 Å². The van der Waals surface area contributed by atoms with Gasteiger partial charge in [-0.3, -0.25) is 9.89 Å². The summed E-state index contributed by atoms with van der Waals surface area (Å²) in [4.78, 5) is 14.0. The van der Waals surface area contributed by atoms with Crippen LogP contribution in [0.5, 0.6) is 0 Å². The fraction of sp³-hybridized carbons (Fsp3) is 0.733. The molecule has 122 valence electrons. The van der Waals surface area contributed by atoms with Crippen LogP contribution in [0.1, 0.15) is 54.5 Å². The number of hydrogen-bond acceptors (Lipinski definition) is 3. The van der Waals surface area contributed by atoms with Crippen molar-refractivity contribution in [3.63, 3.8) is 0 Å². The molecule has 2 heterocycles. The topological polar surface area (TPSA) is 58.2 Å². The first-order valence-corrected chi connectivity index (χ1v) is 7.62. The Hall–Kier alpha value is -1.50. The van der Waals surface area contributed by atoms with Crippen LogP contribution in [0.15, 0.2) is 0 Å². The van der Waals surface area contributed by atoms with Crippen molar-refractivity contribution in [2.24, 2.45) is 5.92 Å². The predicted molar refractivity (Wildman–Crippen MR) is 75.9 cm³/mol. The number of aromatic nitrogens is 2. The number of nitrogens with one attached hydrogen (secondary N) is 1. The zero-order chi connectivity index (χ0) is 16.1. The van der Waals surface area contributed by atoms with E-state index in [0.29, 0.717) is 18.7 Å². The fourth-order valence-electron chi connectivity index (χ4n) is 3.42. The van der Waals surface area contributed by atoms with Crippen LogP contribution in [0.3, 0.4) is 0 Å². The minimum absolute atomic E-state index is 0.0299. The molecule has 0 saturated heterocycles. The first-order valence-electron chi connectivity index (χ1n) is 7.62. The Morgan fingerprint density at radius 1 is 1.45 bits per heavy atom. The second kappa shape index (κ2) is 5.30. The minimum atomic E-state index is -2.55. The Balaban J connectivity index is 1.70. The number of carbonyl (C=O) groups excluding carboxylic acids is 1. The maximum atomic E-state index is 12.9. The molecule has 0 aromatic carbocycles. The molecular formula is C15H21F2N3O2. The van der Waals surface area contributed by atoms with Crippen molar-refractivity contribution in [1.82, 2.24) is 15.1 Å². The van der Waals surface area contributed by atoms with Crippen molar-refractivity contribution in [3.8, 4) is 0 Å². The highest BCUT2D eigenvalue weighted by atomic mass is 19.3. The van der Waals surface area contributed by atoms with E-state index in [2.05, 4.69) is 10.2 Å². The molecular weight excluding hydrogens is 292 g/mol. The lowest BCUT2D eigenvalue weighted by Gasteiger charge is -2.37. The number of fused-ring (bicyclic) bond motifs is 1. The molecule has 1 aromatic heterocycles. The number of alkyl halides is 2. The Morgan fingerprint density at radius 3 is 2.77 bits per heavy atom. The van der Waals surface area contributed by atoms with E-state index in [9.17, 15) is 13.6 Å². The number of aromatic amines is 1. The first-order chi connectivity index (χ1) is 10.3. The van der Waals surface area contributed by atoms with Crippen LogP contribution in [0.4, 0.5) is 8.78 Å². The van der Waals surface area contributed by atoms with Gasteiger partial charge in [0.25, 0.3) is 5.91 Å². The second-order valence-corrected chi connectivity index (χ2v) is 6.57. The summed E-state index contributed by atoms with van der Waals surface area (Å²) in [7, 11) is 1.64. The van der Waals surface area contributed by atoms with Gasteiger partial charge >= 0.3 is 0 Å². The van der Waals surface area contributed by atoms with Gasteiger partial charge in [0.2, 0.25) is 5.92 Å². The highest BCUT2D eigenvalue weighted by molar-refractivity contribution is 5.94. The van der Waals surface area contributed by atoms with Crippen molar-refractivity contribution in [3.05, 3.63) is 17.0 Å². The molecule has 5 nitrogen and oxygen atoms in total. The van der Waals surface area contributed by atoms with Gasteiger partial charge in [0.1, 0.15) is 0 Å². The Morgan fingerprint density at radius 2 is 2.14 bits per heavy atom. The van der Waals surface area contributed by atoms with Gasteiger partial charge in [-0.15, -0.1) is 0 Å².